The van der Waals surface area contributed by atoms with Crippen molar-refractivity contribution in [1.29, 1.82) is 0 Å². The molecule has 2 rings (SSSR count). The van der Waals surface area contributed by atoms with Crippen LogP contribution < -0.4 is 0 Å². The van der Waals surface area contributed by atoms with Gasteiger partial charge in [0.2, 0.25) is 11.9 Å². The molecule has 1 aliphatic rings. The van der Waals surface area contributed by atoms with E-state index in [4.69, 9.17) is 37.9 Å². The molecule has 1 heterocycles. The molecule has 1 aromatic carbocycles. The standard InChI is InChI=1S/C26H34O13/c1-16(27)34-14-22-23(35-17(2)28)24(36-18(3)29)26(39-20(5)31,25(38-22)37-19(4)30)15-33-12-11-32-13-21-9-7-6-8-10-21/h6-10,22-25H,11-15H2,1-5H3. The van der Waals surface area contributed by atoms with E-state index in [1.165, 1.54) is 0 Å². The van der Waals surface area contributed by atoms with E-state index < -0.39 is 73.3 Å². The molecule has 5 unspecified atom stereocenters. The van der Waals surface area contributed by atoms with E-state index in [9.17, 15) is 24.0 Å². The van der Waals surface area contributed by atoms with Crippen molar-refractivity contribution in [2.75, 3.05) is 26.4 Å². The van der Waals surface area contributed by atoms with Crippen molar-refractivity contribution in [3.8, 4) is 0 Å². The summed E-state index contributed by atoms with van der Waals surface area (Å²) in [7, 11) is 0. The van der Waals surface area contributed by atoms with Gasteiger partial charge in [-0.2, -0.15) is 0 Å². The van der Waals surface area contributed by atoms with Gasteiger partial charge in [-0.1, -0.05) is 30.3 Å². The number of ether oxygens (including phenoxy) is 8. The summed E-state index contributed by atoms with van der Waals surface area (Å²) in [6.45, 7) is 4.94. The van der Waals surface area contributed by atoms with E-state index in [0.29, 0.717) is 6.61 Å². The lowest BCUT2D eigenvalue weighted by atomic mass is 9.86. The maximum absolute atomic E-state index is 12.3. The first-order chi connectivity index (χ1) is 18.4. The average molecular weight is 555 g/mol. The number of hydrogen-bond acceptors (Lipinski definition) is 13. The third-order valence-corrected chi connectivity index (χ3v) is 5.31. The van der Waals surface area contributed by atoms with Gasteiger partial charge in [0.15, 0.2) is 12.2 Å². The Labute approximate surface area is 225 Å². The molecule has 0 bridgehead atoms. The zero-order valence-corrected chi connectivity index (χ0v) is 22.5. The molecule has 0 saturated carbocycles. The largest absolute Gasteiger partial charge is 0.463 e. The van der Waals surface area contributed by atoms with Gasteiger partial charge in [0.25, 0.3) is 0 Å². The van der Waals surface area contributed by atoms with Crippen molar-refractivity contribution < 1.29 is 61.9 Å². The van der Waals surface area contributed by atoms with Gasteiger partial charge < -0.3 is 37.9 Å². The van der Waals surface area contributed by atoms with Crippen molar-refractivity contribution in [1.82, 2.24) is 0 Å². The highest BCUT2D eigenvalue weighted by molar-refractivity contribution is 5.70. The minimum atomic E-state index is -2.12. The smallest absolute Gasteiger partial charge is 0.305 e. The second kappa shape index (κ2) is 15.1. The molecule has 0 radical (unpaired) electrons. The first-order valence-electron chi connectivity index (χ1n) is 12.1. The Bertz CT molecular complexity index is 995. The predicted octanol–water partition coefficient (Wildman–Crippen LogP) is 1.24. The lowest BCUT2D eigenvalue weighted by molar-refractivity contribution is -0.344. The Morgan fingerprint density at radius 2 is 1.38 bits per heavy atom. The summed E-state index contributed by atoms with van der Waals surface area (Å²) in [6, 6.07) is 9.42. The van der Waals surface area contributed by atoms with E-state index in [2.05, 4.69) is 0 Å². The fourth-order valence-electron chi connectivity index (χ4n) is 3.91. The normalized spacial score (nSPS) is 24.2. The minimum Gasteiger partial charge on any atom is -0.463 e. The molecular weight excluding hydrogens is 520 g/mol. The molecule has 1 saturated heterocycles. The molecule has 1 aliphatic heterocycles. The maximum Gasteiger partial charge on any atom is 0.305 e. The first kappa shape index (κ1) is 31.7. The van der Waals surface area contributed by atoms with E-state index in [1.54, 1.807) is 0 Å². The highest BCUT2D eigenvalue weighted by atomic mass is 16.8. The summed E-state index contributed by atoms with van der Waals surface area (Å²) >= 11 is 0. The molecule has 0 spiro atoms. The topological polar surface area (TPSA) is 159 Å². The second-order valence-electron chi connectivity index (χ2n) is 8.66. The molecule has 216 valence electrons. The molecule has 0 N–H and O–H groups in total. The van der Waals surface area contributed by atoms with Crippen LogP contribution >= 0.6 is 0 Å². The van der Waals surface area contributed by atoms with Crippen LogP contribution in [0.3, 0.4) is 0 Å². The monoisotopic (exact) mass is 554 g/mol. The Morgan fingerprint density at radius 3 is 1.95 bits per heavy atom. The van der Waals surface area contributed by atoms with Crippen LogP contribution in [-0.2, 0) is 68.5 Å². The summed E-state index contributed by atoms with van der Waals surface area (Å²) in [4.78, 5) is 59.9. The third kappa shape index (κ3) is 9.93. The number of rotatable bonds is 13. The lowest BCUT2D eigenvalue weighted by Gasteiger charge is -2.50. The van der Waals surface area contributed by atoms with Crippen LogP contribution in [0.1, 0.15) is 40.2 Å². The van der Waals surface area contributed by atoms with Gasteiger partial charge in [-0.25, -0.2) is 0 Å². The summed E-state index contributed by atoms with van der Waals surface area (Å²) in [5.74, 6) is -4.01. The van der Waals surface area contributed by atoms with Gasteiger partial charge >= 0.3 is 29.8 Å². The van der Waals surface area contributed by atoms with Crippen molar-refractivity contribution in [3.05, 3.63) is 35.9 Å². The number of carbonyl (C=O) groups is 5. The van der Waals surface area contributed by atoms with Crippen LogP contribution in [0.5, 0.6) is 0 Å². The molecule has 13 heteroatoms. The fourth-order valence-corrected chi connectivity index (χ4v) is 3.91. The van der Waals surface area contributed by atoms with E-state index >= 15 is 0 Å². The van der Waals surface area contributed by atoms with Gasteiger partial charge in [-0.05, 0) is 5.56 Å². The zero-order chi connectivity index (χ0) is 29.0. The highest BCUT2D eigenvalue weighted by Crippen LogP contribution is 2.38. The molecule has 5 atom stereocenters. The number of hydrogen-bond donors (Lipinski definition) is 0. The molecule has 13 nitrogen and oxygen atoms in total. The molecule has 0 aromatic heterocycles. The van der Waals surface area contributed by atoms with Crippen molar-refractivity contribution >= 4 is 29.8 Å². The predicted molar refractivity (Wildman–Crippen MR) is 130 cm³/mol. The van der Waals surface area contributed by atoms with E-state index in [0.717, 1.165) is 40.2 Å². The van der Waals surface area contributed by atoms with Crippen LogP contribution in [0.15, 0.2) is 30.3 Å². The summed E-state index contributed by atoms with van der Waals surface area (Å²) < 4.78 is 44.0. The molecule has 1 fully saturated rings. The minimum absolute atomic E-state index is 0.00939. The molecule has 0 aliphatic carbocycles. The van der Waals surface area contributed by atoms with Crippen LogP contribution in [-0.4, -0.2) is 86.5 Å². The van der Waals surface area contributed by atoms with Gasteiger partial charge in [-0.15, -0.1) is 0 Å². The number of carbonyl (C=O) groups excluding carboxylic acids is 5. The number of benzene rings is 1. The first-order valence-corrected chi connectivity index (χ1v) is 12.1. The molecule has 0 amide bonds. The maximum atomic E-state index is 12.3. The summed E-state index contributed by atoms with van der Waals surface area (Å²) in [5, 5.41) is 0. The van der Waals surface area contributed by atoms with Crippen molar-refractivity contribution in [2.45, 2.75) is 71.4 Å². The van der Waals surface area contributed by atoms with E-state index in [1.807, 2.05) is 30.3 Å². The van der Waals surface area contributed by atoms with Gasteiger partial charge in [0, 0.05) is 34.6 Å². The Kier molecular flexibility index (Phi) is 12.3. The summed E-state index contributed by atoms with van der Waals surface area (Å²) in [6.07, 6.45) is -6.02. The fraction of sp³-hybridized carbons (Fsp3) is 0.577. The lowest BCUT2D eigenvalue weighted by Crippen LogP contribution is -2.72. The quantitative estimate of drug-likeness (QED) is 0.195. The Morgan fingerprint density at radius 1 is 0.769 bits per heavy atom. The molecule has 39 heavy (non-hydrogen) atoms. The van der Waals surface area contributed by atoms with E-state index in [-0.39, 0.29) is 13.2 Å². The van der Waals surface area contributed by atoms with Crippen LogP contribution in [0.2, 0.25) is 0 Å². The van der Waals surface area contributed by atoms with Crippen molar-refractivity contribution in [2.24, 2.45) is 0 Å². The van der Waals surface area contributed by atoms with Crippen LogP contribution in [0, 0.1) is 0 Å². The van der Waals surface area contributed by atoms with Gasteiger partial charge in [-0.3, -0.25) is 24.0 Å². The Hall–Kier alpha value is -3.55. The average Bonchev–Trinajstić information content (AvgIpc) is 2.83. The van der Waals surface area contributed by atoms with Gasteiger partial charge in [0.05, 0.1) is 26.4 Å². The Balaban J connectivity index is 2.37. The molecule has 1 aromatic rings. The van der Waals surface area contributed by atoms with Gasteiger partial charge in [0.1, 0.15) is 12.7 Å². The highest BCUT2D eigenvalue weighted by Gasteiger charge is 2.64. The van der Waals surface area contributed by atoms with Crippen molar-refractivity contribution in [3.63, 3.8) is 0 Å². The zero-order valence-electron chi connectivity index (χ0n) is 22.5. The summed E-state index contributed by atoms with van der Waals surface area (Å²) in [5.41, 5.74) is -1.17. The second-order valence-corrected chi connectivity index (χ2v) is 8.66. The van der Waals surface area contributed by atoms with Crippen LogP contribution in [0.25, 0.3) is 0 Å². The number of esters is 5. The third-order valence-electron chi connectivity index (χ3n) is 5.31. The van der Waals surface area contributed by atoms with Crippen LogP contribution in [0.4, 0.5) is 0 Å². The SMILES string of the molecule is CC(=O)OCC1OC(OC(C)=O)C(COCCOCc2ccccc2)(OC(C)=O)C(OC(C)=O)C1OC(C)=O. The molecular formula is C26H34O13.